The standard InChI is InChI=1S/C23H30N4OS/c1-5-20-7-6-18(2)16-22(20)29-19(3)25-23-17-21(8-9-24-23)27-12-10-26(11-13-27)14-15-28-4/h5-9,16-17H,1,10-15H2,2-4H3. The van der Waals surface area contributed by atoms with Crippen molar-refractivity contribution in [2.24, 2.45) is 4.99 Å². The van der Waals surface area contributed by atoms with Crippen LogP contribution in [0.5, 0.6) is 0 Å². The third-order valence-electron chi connectivity index (χ3n) is 5.00. The van der Waals surface area contributed by atoms with Crippen molar-refractivity contribution in [1.82, 2.24) is 9.88 Å². The number of hydrogen-bond acceptors (Lipinski definition) is 6. The highest BCUT2D eigenvalue weighted by Crippen LogP contribution is 2.28. The summed E-state index contributed by atoms with van der Waals surface area (Å²) in [5, 5.41) is 0.965. The molecule has 5 nitrogen and oxygen atoms in total. The molecule has 1 saturated heterocycles. The van der Waals surface area contributed by atoms with Crippen molar-refractivity contribution in [3.63, 3.8) is 0 Å². The second-order valence-electron chi connectivity index (χ2n) is 7.17. The summed E-state index contributed by atoms with van der Waals surface area (Å²) in [6.07, 6.45) is 3.74. The number of aryl methyl sites for hydroxylation is 1. The average Bonchev–Trinajstić information content (AvgIpc) is 2.73. The maximum atomic E-state index is 5.19. The van der Waals surface area contributed by atoms with E-state index < -0.39 is 0 Å². The van der Waals surface area contributed by atoms with E-state index in [0.29, 0.717) is 0 Å². The highest BCUT2D eigenvalue weighted by molar-refractivity contribution is 8.14. The van der Waals surface area contributed by atoms with E-state index in [0.717, 1.165) is 55.8 Å². The molecule has 1 fully saturated rings. The van der Waals surface area contributed by atoms with Crippen LogP contribution in [-0.2, 0) is 4.74 Å². The van der Waals surface area contributed by atoms with Crippen LogP contribution in [0, 0.1) is 6.92 Å². The van der Waals surface area contributed by atoms with Crippen molar-refractivity contribution >= 4 is 34.4 Å². The van der Waals surface area contributed by atoms with E-state index in [4.69, 9.17) is 9.73 Å². The molecule has 0 atom stereocenters. The quantitative estimate of drug-likeness (QED) is 0.378. The Kier molecular flexibility index (Phi) is 7.86. The lowest BCUT2D eigenvalue weighted by Gasteiger charge is -2.35. The number of benzene rings is 1. The highest BCUT2D eigenvalue weighted by atomic mass is 32.2. The summed E-state index contributed by atoms with van der Waals surface area (Å²) in [6.45, 7) is 14.0. The molecule has 1 aromatic carbocycles. The van der Waals surface area contributed by atoms with Crippen LogP contribution in [0.3, 0.4) is 0 Å². The lowest BCUT2D eigenvalue weighted by molar-refractivity contribution is 0.144. The number of ether oxygens (including phenoxy) is 1. The lowest BCUT2D eigenvalue weighted by atomic mass is 10.1. The molecule has 2 heterocycles. The molecular weight excluding hydrogens is 380 g/mol. The number of aromatic nitrogens is 1. The predicted octanol–water partition coefficient (Wildman–Crippen LogP) is 4.64. The van der Waals surface area contributed by atoms with Gasteiger partial charge in [-0.05, 0) is 37.1 Å². The van der Waals surface area contributed by atoms with Gasteiger partial charge in [0.15, 0.2) is 5.82 Å². The summed E-state index contributed by atoms with van der Waals surface area (Å²) in [5.41, 5.74) is 3.55. The summed E-state index contributed by atoms with van der Waals surface area (Å²) in [6, 6.07) is 10.5. The molecule has 3 rings (SSSR count). The van der Waals surface area contributed by atoms with E-state index in [1.54, 1.807) is 18.9 Å². The normalized spacial score (nSPS) is 15.6. The zero-order valence-corrected chi connectivity index (χ0v) is 18.4. The number of pyridine rings is 1. The van der Waals surface area contributed by atoms with Gasteiger partial charge >= 0.3 is 0 Å². The van der Waals surface area contributed by atoms with E-state index in [1.165, 1.54) is 16.1 Å². The third kappa shape index (κ3) is 6.16. The number of rotatable bonds is 7. The Morgan fingerprint density at radius 3 is 2.76 bits per heavy atom. The van der Waals surface area contributed by atoms with Crippen molar-refractivity contribution < 1.29 is 4.74 Å². The first-order chi connectivity index (χ1) is 14.1. The number of aliphatic imine (C=N–C) groups is 1. The fourth-order valence-corrected chi connectivity index (χ4v) is 4.33. The van der Waals surface area contributed by atoms with Gasteiger partial charge < -0.3 is 9.64 Å². The topological polar surface area (TPSA) is 41.0 Å². The van der Waals surface area contributed by atoms with Crippen LogP contribution in [0.25, 0.3) is 6.08 Å². The minimum Gasteiger partial charge on any atom is -0.383 e. The molecule has 0 bridgehead atoms. The molecular formula is C23H30N4OS. The molecule has 1 aliphatic heterocycles. The fraction of sp³-hybridized carbons (Fsp3) is 0.391. The SMILES string of the molecule is C=Cc1ccc(C)cc1SC(C)=Nc1cc(N2CCN(CCOC)CC2)ccn1. The van der Waals surface area contributed by atoms with Gasteiger partial charge in [0.05, 0.1) is 11.7 Å². The van der Waals surface area contributed by atoms with Crippen LogP contribution < -0.4 is 4.90 Å². The molecule has 29 heavy (non-hydrogen) atoms. The molecule has 0 spiro atoms. The number of anilines is 1. The molecule has 0 aliphatic carbocycles. The first-order valence-electron chi connectivity index (χ1n) is 9.97. The maximum absolute atomic E-state index is 5.19. The first-order valence-corrected chi connectivity index (χ1v) is 10.8. The zero-order chi connectivity index (χ0) is 20.6. The molecule has 6 heteroatoms. The lowest BCUT2D eigenvalue weighted by Crippen LogP contribution is -2.47. The molecule has 0 saturated carbocycles. The van der Waals surface area contributed by atoms with Crippen LogP contribution in [0.4, 0.5) is 11.5 Å². The molecule has 0 radical (unpaired) electrons. The zero-order valence-electron chi connectivity index (χ0n) is 17.6. The fourth-order valence-electron chi connectivity index (χ4n) is 3.36. The van der Waals surface area contributed by atoms with Gasteiger partial charge in [0, 0.05) is 62.7 Å². The van der Waals surface area contributed by atoms with Gasteiger partial charge in [0.1, 0.15) is 0 Å². The Morgan fingerprint density at radius 1 is 1.24 bits per heavy atom. The summed E-state index contributed by atoms with van der Waals surface area (Å²) in [5.74, 6) is 0.752. The van der Waals surface area contributed by atoms with E-state index in [-0.39, 0.29) is 0 Å². The molecule has 1 aromatic heterocycles. The van der Waals surface area contributed by atoms with Gasteiger partial charge in [-0.1, -0.05) is 36.5 Å². The van der Waals surface area contributed by atoms with Crippen LogP contribution in [-0.4, -0.2) is 61.4 Å². The Bertz CT molecular complexity index is 860. The molecule has 0 N–H and O–H groups in total. The van der Waals surface area contributed by atoms with Crippen molar-refractivity contribution in [2.45, 2.75) is 18.7 Å². The summed E-state index contributed by atoms with van der Waals surface area (Å²) >= 11 is 1.66. The second-order valence-corrected chi connectivity index (χ2v) is 8.41. The monoisotopic (exact) mass is 410 g/mol. The number of hydrogen-bond donors (Lipinski definition) is 0. The minimum atomic E-state index is 0.752. The summed E-state index contributed by atoms with van der Waals surface area (Å²) in [4.78, 5) is 15.2. The van der Waals surface area contributed by atoms with Crippen LogP contribution in [0.15, 0.2) is 53.0 Å². The number of nitrogens with zero attached hydrogens (tertiary/aromatic N) is 4. The van der Waals surface area contributed by atoms with Crippen molar-refractivity contribution in [3.05, 3.63) is 54.2 Å². The second kappa shape index (κ2) is 10.6. The van der Waals surface area contributed by atoms with Gasteiger partial charge in [-0.15, -0.1) is 0 Å². The van der Waals surface area contributed by atoms with Gasteiger partial charge in [-0.25, -0.2) is 9.98 Å². The maximum Gasteiger partial charge on any atom is 0.154 e. The van der Waals surface area contributed by atoms with E-state index in [2.05, 4.69) is 58.6 Å². The summed E-state index contributed by atoms with van der Waals surface area (Å²) in [7, 11) is 1.76. The van der Waals surface area contributed by atoms with Crippen molar-refractivity contribution in [2.75, 3.05) is 51.3 Å². The Morgan fingerprint density at radius 2 is 2.03 bits per heavy atom. The Balaban J connectivity index is 1.67. The van der Waals surface area contributed by atoms with E-state index in [9.17, 15) is 0 Å². The summed E-state index contributed by atoms with van der Waals surface area (Å²) < 4.78 is 5.19. The van der Waals surface area contributed by atoms with Crippen molar-refractivity contribution in [1.29, 1.82) is 0 Å². The molecule has 0 unspecified atom stereocenters. The molecule has 0 amide bonds. The largest absolute Gasteiger partial charge is 0.383 e. The smallest absolute Gasteiger partial charge is 0.154 e. The van der Waals surface area contributed by atoms with Crippen LogP contribution >= 0.6 is 11.8 Å². The van der Waals surface area contributed by atoms with E-state index in [1.807, 2.05) is 19.2 Å². The minimum absolute atomic E-state index is 0.752. The first kappa shape index (κ1) is 21.6. The molecule has 1 aliphatic rings. The Labute approximate surface area is 178 Å². The number of methoxy groups -OCH3 is 1. The van der Waals surface area contributed by atoms with Crippen molar-refractivity contribution in [3.8, 4) is 0 Å². The molecule has 2 aromatic rings. The third-order valence-corrected chi connectivity index (χ3v) is 5.96. The van der Waals surface area contributed by atoms with Gasteiger partial charge in [-0.3, -0.25) is 4.90 Å². The average molecular weight is 411 g/mol. The number of piperazine rings is 1. The predicted molar refractivity (Wildman–Crippen MR) is 125 cm³/mol. The molecule has 154 valence electrons. The Hall–Kier alpha value is -2.15. The van der Waals surface area contributed by atoms with Gasteiger partial charge in [0.2, 0.25) is 0 Å². The van der Waals surface area contributed by atoms with Gasteiger partial charge in [0.25, 0.3) is 0 Å². The number of thioether (sulfide) groups is 1. The van der Waals surface area contributed by atoms with Crippen LogP contribution in [0.2, 0.25) is 0 Å². The van der Waals surface area contributed by atoms with E-state index >= 15 is 0 Å². The highest BCUT2D eigenvalue weighted by Gasteiger charge is 2.17. The van der Waals surface area contributed by atoms with Gasteiger partial charge in [-0.2, -0.15) is 0 Å². The van der Waals surface area contributed by atoms with Crippen LogP contribution in [0.1, 0.15) is 18.1 Å².